The quantitative estimate of drug-likeness (QED) is 0.741. The van der Waals surface area contributed by atoms with Crippen LogP contribution in [-0.4, -0.2) is 16.5 Å². The van der Waals surface area contributed by atoms with Gasteiger partial charge in [-0.2, -0.15) is 0 Å². The van der Waals surface area contributed by atoms with Crippen LogP contribution in [-0.2, 0) is 6.61 Å². The maximum atomic E-state index is 10.7. The fourth-order valence-electron chi connectivity index (χ4n) is 1.44. The molecular formula is C10H8O3S. The van der Waals surface area contributed by atoms with Gasteiger partial charge in [0.2, 0.25) is 0 Å². The predicted molar refractivity (Wildman–Crippen MR) is 54.8 cm³/mol. The van der Waals surface area contributed by atoms with E-state index in [2.05, 4.69) is 0 Å². The summed E-state index contributed by atoms with van der Waals surface area (Å²) in [6.07, 6.45) is 0.704. The highest BCUT2D eigenvalue weighted by atomic mass is 32.1. The molecule has 2 rings (SSSR count). The molecule has 0 atom stereocenters. The molecule has 0 bridgehead atoms. The zero-order valence-electron chi connectivity index (χ0n) is 7.23. The Hall–Kier alpha value is -1.39. The van der Waals surface area contributed by atoms with Crippen molar-refractivity contribution in [3.8, 4) is 5.75 Å². The smallest absolute Gasteiger partial charge is 0.150 e. The Morgan fingerprint density at radius 2 is 2.21 bits per heavy atom. The summed E-state index contributed by atoms with van der Waals surface area (Å²) in [6.45, 7) is -0.0877. The first-order chi connectivity index (χ1) is 6.77. The van der Waals surface area contributed by atoms with Crippen LogP contribution in [0.2, 0.25) is 0 Å². The van der Waals surface area contributed by atoms with Gasteiger partial charge in [-0.3, -0.25) is 4.79 Å². The van der Waals surface area contributed by atoms with Crippen LogP contribution in [0.25, 0.3) is 10.1 Å². The van der Waals surface area contributed by atoms with Gasteiger partial charge in [-0.15, -0.1) is 11.3 Å². The number of aldehydes is 1. The summed E-state index contributed by atoms with van der Waals surface area (Å²) in [7, 11) is 0. The SMILES string of the molecule is O=Cc1ccc(CO)c2scc(O)c12. The molecule has 72 valence electrons. The van der Waals surface area contributed by atoms with Crippen molar-refractivity contribution in [3.05, 3.63) is 28.6 Å². The topological polar surface area (TPSA) is 57.5 Å². The number of hydrogen-bond donors (Lipinski definition) is 2. The number of aliphatic hydroxyl groups excluding tert-OH is 1. The van der Waals surface area contributed by atoms with Crippen LogP contribution >= 0.6 is 11.3 Å². The molecule has 1 aromatic heterocycles. The van der Waals surface area contributed by atoms with Crippen molar-refractivity contribution in [2.45, 2.75) is 6.61 Å². The van der Waals surface area contributed by atoms with Gasteiger partial charge in [0.05, 0.1) is 6.61 Å². The van der Waals surface area contributed by atoms with Crippen molar-refractivity contribution in [1.29, 1.82) is 0 Å². The van der Waals surface area contributed by atoms with Crippen molar-refractivity contribution in [2.24, 2.45) is 0 Å². The Labute approximate surface area is 84.2 Å². The minimum absolute atomic E-state index is 0.0877. The lowest BCUT2D eigenvalue weighted by atomic mass is 10.1. The molecule has 0 saturated heterocycles. The van der Waals surface area contributed by atoms with Crippen molar-refractivity contribution in [3.63, 3.8) is 0 Å². The predicted octanol–water partition coefficient (Wildman–Crippen LogP) is 1.91. The molecule has 0 aliphatic heterocycles. The number of fused-ring (bicyclic) bond motifs is 1. The molecule has 0 unspecified atom stereocenters. The maximum Gasteiger partial charge on any atom is 0.150 e. The Kier molecular flexibility index (Phi) is 2.23. The third-order valence-electron chi connectivity index (χ3n) is 2.11. The average molecular weight is 208 g/mol. The molecule has 1 heterocycles. The second kappa shape index (κ2) is 3.40. The lowest BCUT2D eigenvalue weighted by Crippen LogP contribution is -1.87. The van der Waals surface area contributed by atoms with Crippen molar-refractivity contribution >= 4 is 27.7 Å². The number of carbonyl (C=O) groups excluding carboxylic acids is 1. The summed E-state index contributed by atoms with van der Waals surface area (Å²) >= 11 is 1.33. The standard InChI is InChI=1S/C10H8O3S/c11-3-6-1-2-7(4-12)10-9(6)8(13)5-14-10/h1-3,5,12-13H,4H2. The highest BCUT2D eigenvalue weighted by Gasteiger charge is 2.10. The zero-order valence-corrected chi connectivity index (χ0v) is 8.04. The van der Waals surface area contributed by atoms with Crippen LogP contribution in [0.15, 0.2) is 17.5 Å². The number of thiophene rings is 1. The van der Waals surface area contributed by atoms with Gasteiger partial charge in [0.1, 0.15) is 5.75 Å². The van der Waals surface area contributed by atoms with E-state index in [1.807, 2.05) is 0 Å². The minimum atomic E-state index is -0.0877. The highest BCUT2D eigenvalue weighted by Crippen LogP contribution is 2.35. The molecule has 0 fully saturated rings. The van der Waals surface area contributed by atoms with Gasteiger partial charge in [0.15, 0.2) is 6.29 Å². The lowest BCUT2D eigenvalue weighted by molar-refractivity contribution is 0.112. The molecule has 2 aromatic rings. The van der Waals surface area contributed by atoms with E-state index in [0.29, 0.717) is 17.2 Å². The third kappa shape index (κ3) is 1.20. The number of carbonyl (C=O) groups is 1. The summed E-state index contributed by atoms with van der Waals surface area (Å²) < 4.78 is 0.773. The van der Waals surface area contributed by atoms with Gasteiger partial charge in [-0.05, 0) is 5.56 Å². The normalized spacial score (nSPS) is 10.6. The van der Waals surface area contributed by atoms with Gasteiger partial charge < -0.3 is 10.2 Å². The van der Waals surface area contributed by atoms with E-state index >= 15 is 0 Å². The van der Waals surface area contributed by atoms with E-state index in [1.165, 1.54) is 11.3 Å². The maximum absolute atomic E-state index is 10.7. The van der Waals surface area contributed by atoms with E-state index in [-0.39, 0.29) is 12.4 Å². The second-order valence-electron chi connectivity index (χ2n) is 2.91. The number of aromatic hydroxyl groups is 1. The molecule has 2 N–H and O–H groups in total. The van der Waals surface area contributed by atoms with Crippen LogP contribution in [0, 0.1) is 0 Å². The minimum Gasteiger partial charge on any atom is -0.506 e. The molecular weight excluding hydrogens is 200 g/mol. The van der Waals surface area contributed by atoms with E-state index in [4.69, 9.17) is 5.11 Å². The summed E-state index contributed by atoms with van der Waals surface area (Å²) in [5, 5.41) is 20.7. The van der Waals surface area contributed by atoms with Gasteiger partial charge in [-0.1, -0.05) is 12.1 Å². The molecule has 1 aromatic carbocycles. The third-order valence-corrected chi connectivity index (χ3v) is 3.16. The Morgan fingerprint density at radius 3 is 2.86 bits per heavy atom. The molecule has 0 spiro atoms. The largest absolute Gasteiger partial charge is 0.506 e. The number of aliphatic hydroxyl groups is 1. The first-order valence-corrected chi connectivity index (χ1v) is 4.94. The molecule has 0 saturated carbocycles. The summed E-state index contributed by atoms with van der Waals surface area (Å²) in [4.78, 5) is 10.7. The van der Waals surface area contributed by atoms with Gasteiger partial charge in [-0.25, -0.2) is 0 Å². The lowest BCUT2D eigenvalue weighted by Gasteiger charge is -2.00. The van der Waals surface area contributed by atoms with Gasteiger partial charge in [0, 0.05) is 21.0 Å². The van der Waals surface area contributed by atoms with Gasteiger partial charge in [0.25, 0.3) is 0 Å². The van der Waals surface area contributed by atoms with Crippen LogP contribution < -0.4 is 0 Å². The van der Waals surface area contributed by atoms with E-state index in [1.54, 1.807) is 17.5 Å². The monoisotopic (exact) mass is 208 g/mol. The molecule has 0 aliphatic rings. The average Bonchev–Trinajstić information content (AvgIpc) is 2.60. The summed E-state index contributed by atoms with van der Waals surface area (Å²) in [5.74, 6) is 0.0994. The van der Waals surface area contributed by atoms with Crippen LogP contribution in [0.4, 0.5) is 0 Å². The Bertz CT molecular complexity index is 487. The first-order valence-electron chi connectivity index (χ1n) is 4.06. The van der Waals surface area contributed by atoms with Crippen LogP contribution in [0.3, 0.4) is 0 Å². The molecule has 4 heteroatoms. The molecule has 0 aliphatic carbocycles. The van der Waals surface area contributed by atoms with Gasteiger partial charge >= 0.3 is 0 Å². The first kappa shape index (κ1) is 9.18. The van der Waals surface area contributed by atoms with Crippen molar-refractivity contribution in [1.82, 2.24) is 0 Å². The summed E-state index contributed by atoms with van der Waals surface area (Å²) in [6, 6.07) is 3.30. The molecule has 0 radical (unpaired) electrons. The summed E-state index contributed by atoms with van der Waals surface area (Å²) in [5.41, 5.74) is 1.19. The number of benzene rings is 1. The highest BCUT2D eigenvalue weighted by molar-refractivity contribution is 7.17. The zero-order chi connectivity index (χ0) is 10.1. The van der Waals surface area contributed by atoms with E-state index in [0.717, 1.165) is 10.3 Å². The van der Waals surface area contributed by atoms with E-state index < -0.39 is 0 Å². The number of hydrogen-bond acceptors (Lipinski definition) is 4. The molecule has 14 heavy (non-hydrogen) atoms. The Morgan fingerprint density at radius 1 is 1.43 bits per heavy atom. The van der Waals surface area contributed by atoms with E-state index in [9.17, 15) is 9.90 Å². The molecule has 3 nitrogen and oxygen atoms in total. The second-order valence-corrected chi connectivity index (χ2v) is 3.79. The fourth-order valence-corrected chi connectivity index (χ4v) is 2.41. The van der Waals surface area contributed by atoms with Crippen LogP contribution in [0.5, 0.6) is 5.75 Å². The number of rotatable bonds is 2. The van der Waals surface area contributed by atoms with Crippen molar-refractivity contribution in [2.75, 3.05) is 0 Å². The van der Waals surface area contributed by atoms with Crippen molar-refractivity contribution < 1.29 is 15.0 Å². The van der Waals surface area contributed by atoms with Crippen LogP contribution in [0.1, 0.15) is 15.9 Å². The fraction of sp³-hybridized carbons (Fsp3) is 0.100. The Balaban J connectivity index is 2.87. The molecule has 0 amide bonds.